The van der Waals surface area contributed by atoms with Crippen molar-refractivity contribution in [2.75, 3.05) is 4.90 Å². The minimum atomic E-state index is -1.19. The van der Waals surface area contributed by atoms with Crippen LogP contribution in [0.3, 0.4) is 0 Å². The summed E-state index contributed by atoms with van der Waals surface area (Å²) in [5.74, 6) is -1.98. The maximum Gasteiger partial charge on any atom is 0.337 e. The Balaban J connectivity index is 2.45. The zero-order valence-electron chi connectivity index (χ0n) is 10.7. The van der Waals surface area contributed by atoms with E-state index in [0.29, 0.717) is 0 Å². The third kappa shape index (κ3) is 2.47. The van der Waals surface area contributed by atoms with E-state index >= 15 is 0 Å². The van der Waals surface area contributed by atoms with Gasteiger partial charge in [-0.25, -0.2) is 9.69 Å². The summed E-state index contributed by atoms with van der Waals surface area (Å²) in [5, 5.41) is 9.09. The van der Waals surface area contributed by atoms with Crippen LogP contribution in [0.2, 0.25) is 0 Å². The molecule has 2 amide bonds. The summed E-state index contributed by atoms with van der Waals surface area (Å²) in [5.41, 5.74) is -0.451. The molecule has 1 N–H and O–H groups in total. The number of amides is 2. The van der Waals surface area contributed by atoms with Gasteiger partial charge >= 0.3 is 5.97 Å². The number of carbonyl (C=O) groups excluding carboxylic acids is 2. The number of carbonyl (C=O) groups is 3. The molecule has 0 radical (unpaired) electrons. The van der Waals surface area contributed by atoms with E-state index in [-0.39, 0.29) is 24.1 Å². The summed E-state index contributed by atoms with van der Waals surface area (Å²) in [6, 6.07) is 1.28. The highest BCUT2D eigenvalue weighted by atomic mass is 16.4. The van der Waals surface area contributed by atoms with Gasteiger partial charge in [-0.3, -0.25) is 14.6 Å². The van der Waals surface area contributed by atoms with Gasteiger partial charge in [-0.2, -0.15) is 0 Å². The Labute approximate surface area is 110 Å². The van der Waals surface area contributed by atoms with Crippen molar-refractivity contribution >= 4 is 23.5 Å². The summed E-state index contributed by atoms with van der Waals surface area (Å²) in [6.07, 6.45) is 2.95. The molecule has 0 spiro atoms. The summed E-state index contributed by atoms with van der Waals surface area (Å²) in [4.78, 5) is 40.0. The Morgan fingerprint density at radius 1 is 1.32 bits per heavy atom. The summed E-state index contributed by atoms with van der Waals surface area (Å²) >= 11 is 0. The van der Waals surface area contributed by atoms with Gasteiger partial charge < -0.3 is 5.11 Å². The molecule has 0 saturated carbocycles. The van der Waals surface area contributed by atoms with Gasteiger partial charge in [-0.1, -0.05) is 13.8 Å². The van der Waals surface area contributed by atoms with Crippen molar-refractivity contribution in [3.05, 3.63) is 24.0 Å². The van der Waals surface area contributed by atoms with E-state index in [9.17, 15) is 14.4 Å². The third-order valence-electron chi connectivity index (χ3n) is 3.03. The molecule has 0 unspecified atom stereocenters. The molecule has 2 rings (SSSR count). The van der Waals surface area contributed by atoms with Crippen LogP contribution in [-0.4, -0.2) is 27.9 Å². The number of piperidine rings is 1. The van der Waals surface area contributed by atoms with Crippen LogP contribution in [0.1, 0.15) is 37.0 Å². The topological polar surface area (TPSA) is 87.6 Å². The molecular formula is C13H14N2O4. The van der Waals surface area contributed by atoms with Crippen molar-refractivity contribution in [2.45, 2.75) is 26.7 Å². The first-order valence-corrected chi connectivity index (χ1v) is 5.85. The van der Waals surface area contributed by atoms with Crippen molar-refractivity contribution in [2.24, 2.45) is 5.41 Å². The molecule has 1 fully saturated rings. The number of nitrogens with zero attached hydrogens (tertiary/aromatic N) is 2. The van der Waals surface area contributed by atoms with Gasteiger partial charge in [0.05, 0.1) is 17.4 Å². The molecule has 100 valence electrons. The minimum absolute atomic E-state index is 0.0421. The highest BCUT2D eigenvalue weighted by molar-refractivity contribution is 6.19. The molecule has 19 heavy (non-hydrogen) atoms. The Hall–Kier alpha value is -2.24. The standard InChI is InChI=1S/C13H14N2O4/c1-13(2)5-10(16)15(11(17)6-13)9-7-14-4-3-8(9)12(18)19/h3-4,7H,5-6H2,1-2H3,(H,18,19). The number of carboxylic acids is 1. The van der Waals surface area contributed by atoms with E-state index in [0.717, 1.165) is 4.90 Å². The first kappa shape index (κ1) is 13.2. The largest absolute Gasteiger partial charge is 0.478 e. The number of pyridine rings is 1. The number of aromatic nitrogens is 1. The third-order valence-corrected chi connectivity index (χ3v) is 3.03. The van der Waals surface area contributed by atoms with E-state index in [2.05, 4.69) is 4.98 Å². The summed E-state index contributed by atoms with van der Waals surface area (Å²) < 4.78 is 0. The van der Waals surface area contributed by atoms with E-state index in [1.807, 2.05) is 13.8 Å². The van der Waals surface area contributed by atoms with Gasteiger partial charge in [-0.15, -0.1) is 0 Å². The van der Waals surface area contributed by atoms with E-state index in [4.69, 9.17) is 5.11 Å². The number of anilines is 1. The quantitative estimate of drug-likeness (QED) is 0.815. The average molecular weight is 262 g/mol. The smallest absolute Gasteiger partial charge is 0.337 e. The SMILES string of the molecule is CC1(C)CC(=O)N(c2cnccc2C(=O)O)C(=O)C1. The molecule has 2 heterocycles. The van der Waals surface area contributed by atoms with Crippen molar-refractivity contribution in [3.63, 3.8) is 0 Å². The second kappa shape index (κ2) is 4.46. The van der Waals surface area contributed by atoms with E-state index in [1.54, 1.807) is 0 Å². The van der Waals surface area contributed by atoms with Gasteiger partial charge in [0.15, 0.2) is 0 Å². The van der Waals surface area contributed by atoms with Crippen LogP contribution in [0.15, 0.2) is 18.5 Å². The Morgan fingerprint density at radius 2 is 1.89 bits per heavy atom. The van der Waals surface area contributed by atoms with Gasteiger partial charge in [0.25, 0.3) is 0 Å². The fourth-order valence-corrected chi connectivity index (χ4v) is 2.19. The lowest BCUT2D eigenvalue weighted by atomic mass is 9.81. The van der Waals surface area contributed by atoms with E-state index in [1.165, 1.54) is 18.5 Å². The fourth-order valence-electron chi connectivity index (χ4n) is 2.19. The molecule has 6 nitrogen and oxygen atoms in total. The molecule has 0 aliphatic carbocycles. The number of aromatic carboxylic acids is 1. The fraction of sp³-hybridized carbons (Fsp3) is 0.385. The van der Waals surface area contributed by atoms with Crippen LogP contribution >= 0.6 is 0 Å². The molecular weight excluding hydrogens is 248 g/mol. The molecule has 1 aromatic rings. The maximum atomic E-state index is 12.1. The average Bonchev–Trinajstić information content (AvgIpc) is 2.26. The summed E-state index contributed by atoms with van der Waals surface area (Å²) in [6.45, 7) is 3.67. The Morgan fingerprint density at radius 3 is 2.42 bits per heavy atom. The number of hydrogen-bond donors (Lipinski definition) is 1. The first-order valence-electron chi connectivity index (χ1n) is 5.85. The molecule has 6 heteroatoms. The Bertz CT molecular complexity index is 546. The first-order chi connectivity index (χ1) is 8.82. The molecule has 0 bridgehead atoms. The van der Waals surface area contributed by atoms with E-state index < -0.39 is 23.2 Å². The monoisotopic (exact) mass is 262 g/mol. The van der Waals surface area contributed by atoms with Crippen LogP contribution in [0.25, 0.3) is 0 Å². The van der Waals surface area contributed by atoms with Crippen LogP contribution in [0, 0.1) is 5.41 Å². The Kier molecular flexibility index (Phi) is 3.09. The van der Waals surface area contributed by atoms with Crippen molar-refractivity contribution in [1.29, 1.82) is 0 Å². The minimum Gasteiger partial charge on any atom is -0.478 e. The molecule has 1 aliphatic rings. The molecule has 1 aliphatic heterocycles. The number of imide groups is 1. The highest BCUT2D eigenvalue weighted by Gasteiger charge is 2.39. The lowest BCUT2D eigenvalue weighted by Gasteiger charge is -2.34. The van der Waals surface area contributed by atoms with Gasteiger partial charge in [0.2, 0.25) is 11.8 Å². The lowest BCUT2D eigenvalue weighted by Crippen LogP contribution is -2.46. The molecule has 1 saturated heterocycles. The number of carboxylic acid groups (broad SMARTS) is 1. The van der Waals surface area contributed by atoms with Crippen LogP contribution in [0.5, 0.6) is 0 Å². The number of hydrogen-bond acceptors (Lipinski definition) is 4. The van der Waals surface area contributed by atoms with Gasteiger partial charge in [0, 0.05) is 19.0 Å². The van der Waals surface area contributed by atoms with Crippen LogP contribution in [-0.2, 0) is 9.59 Å². The van der Waals surface area contributed by atoms with Gasteiger partial charge in [0.1, 0.15) is 0 Å². The zero-order valence-corrected chi connectivity index (χ0v) is 10.7. The van der Waals surface area contributed by atoms with Crippen LogP contribution in [0.4, 0.5) is 5.69 Å². The second-order valence-corrected chi connectivity index (χ2v) is 5.34. The molecule has 1 aromatic heterocycles. The van der Waals surface area contributed by atoms with Crippen molar-refractivity contribution in [1.82, 2.24) is 4.98 Å². The van der Waals surface area contributed by atoms with Gasteiger partial charge in [-0.05, 0) is 11.5 Å². The molecule has 0 atom stereocenters. The predicted octanol–water partition coefficient (Wildman–Crippen LogP) is 1.46. The molecule has 0 aromatic carbocycles. The second-order valence-electron chi connectivity index (χ2n) is 5.34. The predicted molar refractivity (Wildman–Crippen MR) is 66.7 cm³/mol. The lowest BCUT2D eigenvalue weighted by molar-refractivity contribution is -0.132. The van der Waals surface area contributed by atoms with Crippen molar-refractivity contribution in [3.8, 4) is 0 Å². The number of rotatable bonds is 2. The van der Waals surface area contributed by atoms with Crippen LogP contribution < -0.4 is 4.90 Å². The van der Waals surface area contributed by atoms with Crippen molar-refractivity contribution < 1.29 is 19.5 Å². The summed E-state index contributed by atoms with van der Waals surface area (Å²) in [7, 11) is 0. The normalized spacial score (nSPS) is 18.5. The zero-order chi connectivity index (χ0) is 14.2. The maximum absolute atomic E-state index is 12.1. The highest BCUT2D eigenvalue weighted by Crippen LogP contribution is 2.34.